The number of piperidine rings is 1. The maximum absolute atomic E-state index is 12.7. The number of hydrogen-bond acceptors (Lipinski definition) is 5. The molecule has 0 N–H and O–H groups in total. The van der Waals surface area contributed by atoms with Crippen LogP contribution < -0.4 is 0 Å². The van der Waals surface area contributed by atoms with Crippen molar-refractivity contribution in [3.63, 3.8) is 0 Å². The highest BCUT2D eigenvalue weighted by Gasteiger charge is 2.32. The molecular formula is C15H21N5O2. The number of nitrogens with zero attached hydrogens (tertiary/aromatic N) is 5. The molecule has 7 heteroatoms. The van der Waals surface area contributed by atoms with Crippen LogP contribution in [-0.2, 0) is 11.3 Å². The summed E-state index contributed by atoms with van der Waals surface area (Å²) in [6.45, 7) is 6.66. The molecule has 1 aliphatic rings. The molecule has 0 aromatic carbocycles. The van der Waals surface area contributed by atoms with Crippen molar-refractivity contribution < 1.29 is 9.32 Å². The smallest absolute Gasteiger partial charge is 0.249 e. The fraction of sp³-hybridized carbons (Fsp3) is 0.600. The van der Waals surface area contributed by atoms with Crippen molar-refractivity contribution >= 4 is 5.91 Å². The van der Waals surface area contributed by atoms with Gasteiger partial charge in [-0.15, -0.1) is 0 Å². The van der Waals surface area contributed by atoms with Crippen LogP contribution in [0.25, 0.3) is 0 Å². The summed E-state index contributed by atoms with van der Waals surface area (Å²) in [5.74, 6) is 1.19. The molecule has 1 unspecified atom stereocenters. The van der Waals surface area contributed by atoms with Crippen LogP contribution >= 0.6 is 0 Å². The van der Waals surface area contributed by atoms with Crippen molar-refractivity contribution in [3.05, 3.63) is 29.2 Å². The van der Waals surface area contributed by atoms with Gasteiger partial charge in [0.2, 0.25) is 11.8 Å². The molecule has 118 valence electrons. The zero-order valence-electron chi connectivity index (χ0n) is 13.2. The summed E-state index contributed by atoms with van der Waals surface area (Å²) in [5.41, 5.74) is 1.92. The Morgan fingerprint density at radius 1 is 1.36 bits per heavy atom. The number of carbonyl (C=O) groups is 1. The zero-order valence-corrected chi connectivity index (χ0v) is 13.2. The third-order valence-corrected chi connectivity index (χ3v) is 4.04. The number of aromatic nitrogens is 4. The topological polar surface area (TPSA) is 77.0 Å². The molecule has 3 rings (SSSR count). The number of hydrogen-bond donors (Lipinski definition) is 0. The summed E-state index contributed by atoms with van der Waals surface area (Å²) in [5, 5.41) is 8.21. The van der Waals surface area contributed by atoms with Crippen LogP contribution in [0, 0.1) is 20.8 Å². The lowest BCUT2D eigenvalue weighted by atomic mass is 10.0. The van der Waals surface area contributed by atoms with Crippen molar-refractivity contribution in [2.75, 3.05) is 6.54 Å². The van der Waals surface area contributed by atoms with E-state index in [0.717, 1.165) is 37.2 Å². The molecule has 1 saturated heterocycles. The van der Waals surface area contributed by atoms with E-state index in [4.69, 9.17) is 4.52 Å². The summed E-state index contributed by atoms with van der Waals surface area (Å²) < 4.78 is 7.04. The highest BCUT2D eigenvalue weighted by atomic mass is 16.5. The zero-order chi connectivity index (χ0) is 15.7. The molecule has 0 saturated carbocycles. The minimum absolute atomic E-state index is 0.0479. The van der Waals surface area contributed by atoms with Crippen molar-refractivity contribution in [1.82, 2.24) is 24.8 Å². The maximum atomic E-state index is 12.7. The number of likely N-dealkylation sites (tertiary alicyclic amines) is 1. The number of carbonyl (C=O) groups excluding carboxylic acids is 1. The van der Waals surface area contributed by atoms with Gasteiger partial charge in [-0.2, -0.15) is 10.1 Å². The van der Waals surface area contributed by atoms with Crippen LogP contribution in [0.2, 0.25) is 0 Å². The van der Waals surface area contributed by atoms with Crippen LogP contribution in [0.4, 0.5) is 0 Å². The number of rotatable bonds is 3. The van der Waals surface area contributed by atoms with Crippen LogP contribution in [0.15, 0.2) is 10.6 Å². The maximum Gasteiger partial charge on any atom is 0.249 e. The lowest BCUT2D eigenvalue weighted by Gasteiger charge is -2.33. The Bertz CT molecular complexity index is 675. The number of aryl methyl sites for hydroxylation is 3. The second-order valence-corrected chi connectivity index (χ2v) is 5.86. The molecule has 2 aromatic heterocycles. The third kappa shape index (κ3) is 2.88. The van der Waals surface area contributed by atoms with Gasteiger partial charge in [0, 0.05) is 12.2 Å². The molecule has 0 aliphatic carbocycles. The van der Waals surface area contributed by atoms with E-state index in [0.29, 0.717) is 11.7 Å². The molecule has 1 amide bonds. The van der Waals surface area contributed by atoms with E-state index in [9.17, 15) is 4.79 Å². The molecule has 1 aliphatic heterocycles. The van der Waals surface area contributed by atoms with Crippen molar-refractivity contribution in [2.24, 2.45) is 0 Å². The van der Waals surface area contributed by atoms with Crippen LogP contribution in [-0.4, -0.2) is 37.3 Å². The summed E-state index contributed by atoms with van der Waals surface area (Å²) in [6, 6.07) is 1.86. The van der Waals surface area contributed by atoms with Gasteiger partial charge in [-0.1, -0.05) is 5.16 Å². The van der Waals surface area contributed by atoms with Gasteiger partial charge in [0.15, 0.2) is 5.82 Å². The van der Waals surface area contributed by atoms with Crippen molar-refractivity contribution in [2.45, 2.75) is 52.6 Å². The summed E-state index contributed by atoms with van der Waals surface area (Å²) in [6.07, 6.45) is 2.94. The van der Waals surface area contributed by atoms with Crippen molar-refractivity contribution in [1.29, 1.82) is 0 Å². The molecule has 0 spiro atoms. The highest BCUT2D eigenvalue weighted by molar-refractivity contribution is 5.76. The summed E-state index contributed by atoms with van der Waals surface area (Å²) in [7, 11) is 0. The monoisotopic (exact) mass is 303 g/mol. The Hall–Kier alpha value is -2.18. The Kier molecular flexibility index (Phi) is 3.96. The molecule has 1 fully saturated rings. The third-order valence-electron chi connectivity index (χ3n) is 4.04. The normalized spacial score (nSPS) is 18.7. The van der Waals surface area contributed by atoms with E-state index < -0.39 is 0 Å². The average molecular weight is 303 g/mol. The Morgan fingerprint density at radius 3 is 2.82 bits per heavy atom. The lowest BCUT2D eigenvalue weighted by Crippen LogP contribution is -2.40. The molecule has 0 radical (unpaired) electrons. The van der Waals surface area contributed by atoms with E-state index in [-0.39, 0.29) is 18.5 Å². The molecule has 0 bridgehead atoms. The first kappa shape index (κ1) is 14.7. The van der Waals surface area contributed by atoms with Gasteiger partial charge in [-0.3, -0.25) is 9.48 Å². The predicted molar refractivity (Wildman–Crippen MR) is 79.0 cm³/mol. The molecule has 22 heavy (non-hydrogen) atoms. The predicted octanol–water partition coefficient (Wildman–Crippen LogP) is 1.95. The molecule has 1 atom stereocenters. The lowest BCUT2D eigenvalue weighted by molar-refractivity contribution is -0.136. The largest absolute Gasteiger partial charge is 0.337 e. The van der Waals surface area contributed by atoms with Crippen LogP contribution in [0.3, 0.4) is 0 Å². The number of amides is 1. The van der Waals surface area contributed by atoms with E-state index in [1.807, 2.05) is 24.8 Å². The van der Waals surface area contributed by atoms with Gasteiger partial charge < -0.3 is 9.42 Å². The molecule has 2 aromatic rings. The average Bonchev–Trinajstić information content (AvgIpc) is 3.05. The van der Waals surface area contributed by atoms with Crippen LogP contribution in [0.5, 0.6) is 0 Å². The fourth-order valence-electron chi connectivity index (χ4n) is 2.99. The second-order valence-electron chi connectivity index (χ2n) is 5.86. The van der Waals surface area contributed by atoms with Gasteiger partial charge in [0.25, 0.3) is 0 Å². The molecule has 7 nitrogen and oxygen atoms in total. The van der Waals surface area contributed by atoms with Gasteiger partial charge in [-0.25, -0.2) is 0 Å². The minimum Gasteiger partial charge on any atom is -0.337 e. The van der Waals surface area contributed by atoms with Crippen LogP contribution in [0.1, 0.15) is 48.4 Å². The Balaban J connectivity index is 1.78. The van der Waals surface area contributed by atoms with Gasteiger partial charge in [0.1, 0.15) is 12.6 Å². The van der Waals surface area contributed by atoms with Gasteiger partial charge in [-0.05, 0) is 46.1 Å². The second kappa shape index (κ2) is 5.90. The Labute approximate surface area is 129 Å². The minimum atomic E-state index is -0.112. The Morgan fingerprint density at radius 2 is 2.18 bits per heavy atom. The molecular weight excluding hydrogens is 282 g/mol. The van der Waals surface area contributed by atoms with E-state index >= 15 is 0 Å². The first-order chi connectivity index (χ1) is 10.5. The van der Waals surface area contributed by atoms with Gasteiger partial charge in [0.05, 0.1) is 5.69 Å². The first-order valence-electron chi connectivity index (χ1n) is 7.65. The van der Waals surface area contributed by atoms with E-state index in [1.165, 1.54) is 0 Å². The summed E-state index contributed by atoms with van der Waals surface area (Å²) in [4.78, 5) is 18.9. The SMILES string of the molecule is Cc1cc(C)n(CC(=O)N2CCCCC2c2nc(C)no2)n1. The van der Waals surface area contributed by atoms with Gasteiger partial charge >= 0.3 is 0 Å². The summed E-state index contributed by atoms with van der Waals surface area (Å²) >= 11 is 0. The van der Waals surface area contributed by atoms with E-state index in [2.05, 4.69) is 15.2 Å². The highest BCUT2D eigenvalue weighted by Crippen LogP contribution is 2.30. The standard InChI is InChI=1S/C15H21N5O2/c1-10-8-11(2)20(17-10)9-14(21)19-7-5-4-6-13(19)15-16-12(3)18-22-15/h8,13H,4-7,9H2,1-3H3. The molecule has 3 heterocycles. The first-order valence-corrected chi connectivity index (χ1v) is 7.65. The van der Waals surface area contributed by atoms with E-state index in [1.54, 1.807) is 11.6 Å². The van der Waals surface area contributed by atoms with Crippen molar-refractivity contribution in [3.8, 4) is 0 Å². The quantitative estimate of drug-likeness (QED) is 0.866. The fourth-order valence-corrected chi connectivity index (χ4v) is 2.99.